The number of urea groups is 1. The van der Waals surface area contributed by atoms with Crippen LogP contribution in [-0.4, -0.2) is 33.8 Å². The van der Waals surface area contributed by atoms with Crippen LogP contribution in [0.15, 0.2) is 48.5 Å². The minimum absolute atomic E-state index is 0.0487. The number of carbonyl (C=O) groups is 3. The third-order valence-corrected chi connectivity index (χ3v) is 5.70. The molecule has 0 spiro atoms. The van der Waals surface area contributed by atoms with Crippen molar-refractivity contribution in [2.45, 2.75) is 25.4 Å². The van der Waals surface area contributed by atoms with E-state index in [0.29, 0.717) is 6.42 Å². The van der Waals surface area contributed by atoms with Gasteiger partial charge in [0.2, 0.25) is 0 Å². The van der Waals surface area contributed by atoms with Crippen LogP contribution >= 0.6 is 0 Å². The maximum absolute atomic E-state index is 13.2. The number of para-hydroxylation sites is 2. The van der Waals surface area contributed by atoms with E-state index in [9.17, 15) is 19.5 Å². The number of carbonyl (C=O) groups excluding carboxylic acids is 3. The predicted octanol–water partition coefficient (Wildman–Crippen LogP) is 1.99. The summed E-state index contributed by atoms with van der Waals surface area (Å²) in [6, 6.07) is 12.3. The van der Waals surface area contributed by atoms with E-state index in [1.165, 1.54) is 23.1 Å². The highest BCUT2D eigenvalue weighted by atomic mass is 16.4. The molecular weight excluding hydrogens is 358 g/mol. The number of rotatable bonds is 2. The molecule has 7 heteroatoms. The third-order valence-electron chi connectivity index (χ3n) is 5.70. The first kappa shape index (κ1) is 16.6. The Balaban J connectivity index is 1.62. The number of aromatic amines is 1. The summed E-state index contributed by atoms with van der Waals surface area (Å²) in [5.74, 6) is -1.84. The normalized spacial score (nSPS) is 21.2. The maximum atomic E-state index is 13.2. The monoisotopic (exact) mass is 374 g/mol. The summed E-state index contributed by atoms with van der Waals surface area (Å²) in [7, 11) is 0. The van der Waals surface area contributed by atoms with Crippen LogP contribution in [0.2, 0.25) is 0 Å². The van der Waals surface area contributed by atoms with E-state index in [4.69, 9.17) is 0 Å². The molecule has 5 rings (SSSR count). The second-order valence-corrected chi connectivity index (χ2v) is 7.13. The van der Waals surface area contributed by atoms with E-state index >= 15 is 0 Å². The zero-order chi connectivity index (χ0) is 19.6. The average Bonchev–Trinajstić information content (AvgIpc) is 3.18. The van der Waals surface area contributed by atoms with Crippen LogP contribution < -0.4 is 10.0 Å². The number of imide groups is 1. The van der Waals surface area contributed by atoms with Crippen molar-refractivity contribution in [2.24, 2.45) is 0 Å². The highest BCUT2D eigenvalue weighted by Gasteiger charge is 2.51. The lowest BCUT2D eigenvalue weighted by molar-refractivity contribution is -0.254. The molecular formula is C21H16N3O4-. The zero-order valence-corrected chi connectivity index (χ0v) is 15.0. The van der Waals surface area contributed by atoms with Crippen molar-refractivity contribution in [3.8, 4) is 0 Å². The predicted molar refractivity (Wildman–Crippen MR) is 99.7 cm³/mol. The first-order valence-corrected chi connectivity index (χ1v) is 9.05. The lowest BCUT2D eigenvalue weighted by Gasteiger charge is -2.33. The van der Waals surface area contributed by atoms with Crippen LogP contribution in [0.3, 0.4) is 0 Å². The van der Waals surface area contributed by atoms with Crippen LogP contribution in [0.1, 0.15) is 34.6 Å². The number of H-pyrrole nitrogens is 1. The van der Waals surface area contributed by atoms with E-state index in [1.807, 2.05) is 31.2 Å². The molecule has 0 bridgehead atoms. The standard InChI is InChI=1S/C21H17N3O4/c1-11-18-14(12-6-2-4-8-15(12)22-18)10-17-19(25)24(21(28)23(11)17)16-9-5-3-7-13(16)20(26)27/h2-9,11,17,22H,10H2,1H3,(H,26,27)/p-1/t11-,17+/m1/s1. The molecule has 2 aliphatic heterocycles. The topological polar surface area (TPSA) is 96.5 Å². The Morgan fingerprint density at radius 3 is 2.61 bits per heavy atom. The van der Waals surface area contributed by atoms with Gasteiger partial charge in [-0.2, -0.15) is 0 Å². The fraction of sp³-hybridized carbons (Fsp3) is 0.190. The van der Waals surface area contributed by atoms with Crippen LogP contribution in [0.4, 0.5) is 10.5 Å². The van der Waals surface area contributed by atoms with E-state index < -0.39 is 23.9 Å². The number of nitrogens with zero attached hydrogens (tertiary/aromatic N) is 2. The van der Waals surface area contributed by atoms with Gasteiger partial charge in [0, 0.05) is 28.6 Å². The number of benzene rings is 2. The van der Waals surface area contributed by atoms with Crippen molar-refractivity contribution in [3.63, 3.8) is 0 Å². The second kappa shape index (κ2) is 5.69. The van der Waals surface area contributed by atoms with Crippen LogP contribution in [0.25, 0.3) is 10.9 Å². The first-order chi connectivity index (χ1) is 13.5. The number of nitrogens with one attached hydrogen (secondary N) is 1. The van der Waals surface area contributed by atoms with Crippen molar-refractivity contribution in [3.05, 3.63) is 65.4 Å². The smallest absolute Gasteiger partial charge is 0.332 e. The molecule has 1 saturated heterocycles. The fourth-order valence-electron chi connectivity index (χ4n) is 4.43. The van der Waals surface area contributed by atoms with E-state index in [1.54, 1.807) is 6.07 Å². The number of carboxylic acids is 1. The summed E-state index contributed by atoms with van der Waals surface area (Å²) in [4.78, 5) is 43.7. The number of aromatic nitrogens is 1. The summed E-state index contributed by atoms with van der Waals surface area (Å²) in [5, 5.41) is 12.5. The second-order valence-electron chi connectivity index (χ2n) is 7.13. The summed E-state index contributed by atoms with van der Waals surface area (Å²) in [6.45, 7) is 1.87. The van der Waals surface area contributed by atoms with Gasteiger partial charge in [0.15, 0.2) is 0 Å². The summed E-state index contributed by atoms with van der Waals surface area (Å²) in [6.07, 6.45) is 0.387. The van der Waals surface area contributed by atoms with Gasteiger partial charge in [-0.15, -0.1) is 0 Å². The number of aromatic carboxylic acids is 1. The van der Waals surface area contributed by atoms with Crippen LogP contribution in [0, 0.1) is 0 Å². The number of anilines is 1. The van der Waals surface area contributed by atoms with Gasteiger partial charge in [-0.1, -0.05) is 36.4 Å². The van der Waals surface area contributed by atoms with Gasteiger partial charge in [-0.3, -0.25) is 4.79 Å². The lowest BCUT2D eigenvalue weighted by atomic mass is 9.93. The van der Waals surface area contributed by atoms with Gasteiger partial charge < -0.3 is 19.8 Å². The molecule has 1 N–H and O–H groups in total. The molecule has 0 radical (unpaired) electrons. The Morgan fingerprint density at radius 2 is 1.82 bits per heavy atom. The zero-order valence-electron chi connectivity index (χ0n) is 15.0. The minimum Gasteiger partial charge on any atom is -0.545 e. The first-order valence-electron chi connectivity index (χ1n) is 9.05. The van der Waals surface area contributed by atoms with Crippen molar-refractivity contribution in [1.82, 2.24) is 9.88 Å². The maximum Gasteiger partial charge on any atom is 0.332 e. The quantitative estimate of drug-likeness (QED) is 0.694. The molecule has 2 aromatic carbocycles. The Morgan fingerprint density at radius 1 is 1.11 bits per heavy atom. The molecule has 2 aliphatic rings. The molecule has 3 aromatic rings. The molecule has 1 fully saturated rings. The van der Waals surface area contributed by atoms with Crippen molar-refractivity contribution in [2.75, 3.05) is 4.90 Å². The van der Waals surface area contributed by atoms with Gasteiger partial charge in [0.25, 0.3) is 5.91 Å². The van der Waals surface area contributed by atoms with Gasteiger partial charge in [0.1, 0.15) is 6.04 Å². The molecule has 28 heavy (non-hydrogen) atoms. The van der Waals surface area contributed by atoms with E-state index in [-0.39, 0.29) is 17.3 Å². The largest absolute Gasteiger partial charge is 0.545 e. The SMILES string of the molecule is C[C@@H]1c2[nH]c3ccccc3c2C[C@H]2C(=O)N(c3ccccc3C(=O)[O-])C(=O)N12. The Bertz CT molecular complexity index is 1170. The molecule has 0 aliphatic carbocycles. The lowest BCUT2D eigenvalue weighted by Crippen LogP contribution is -2.42. The van der Waals surface area contributed by atoms with Gasteiger partial charge in [-0.25, -0.2) is 9.69 Å². The van der Waals surface area contributed by atoms with Gasteiger partial charge >= 0.3 is 6.03 Å². The molecule has 2 atom stereocenters. The molecule has 3 heterocycles. The van der Waals surface area contributed by atoms with Gasteiger partial charge in [0.05, 0.1) is 17.7 Å². The number of hydrogen-bond donors (Lipinski definition) is 1. The summed E-state index contributed by atoms with van der Waals surface area (Å²) >= 11 is 0. The molecule has 1 aromatic heterocycles. The highest BCUT2D eigenvalue weighted by Crippen LogP contribution is 2.42. The number of carboxylic acid groups (broad SMARTS) is 1. The fourth-order valence-corrected chi connectivity index (χ4v) is 4.43. The third kappa shape index (κ3) is 2.07. The van der Waals surface area contributed by atoms with Crippen molar-refractivity contribution < 1.29 is 19.5 Å². The summed E-state index contributed by atoms with van der Waals surface area (Å²) in [5.41, 5.74) is 2.78. The molecule has 140 valence electrons. The van der Waals surface area contributed by atoms with E-state index in [2.05, 4.69) is 4.98 Å². The minimum atomic E-state index is -1.43. The number of amides is 3. The van der Waals surface area contributed by atoms with Gasteiger partial charge in [-0.05, 0) is 24.6 Å². The van der Waals surface area contributed by atoms with Crippen molar-refractivity contribution >= 4 is 34.5 Å². The number of hydrogen-bond acceptors (Lipinski definition) is 4. The molecule has 3 amide bonds. The highest BCUT2D eigenvalue weighted by molar-refractivity contribution is 6.23. The Hall–Kier alpha value is -3.61. The summed E-state index contributed by atoms with van der Waals surface area (Å²) < 4.78 is 0. The molecule has 0 unspecified atom stereocenters. The van der Waals surface area contributed by atoms with E-state index in [0.717, 1.165) is 27.1 Å². The molecule has 0 saturated carbocycles. The van der Waals surface area contributed by atoms with Crippen LogP contribution in [-0.2, 0) is 11.2 Å². The average molecular weight is 374 g/mol. The Labute approximate surface area is 160 Å². The van der Waals surface area contributed by atoms with Crippen LogP contribution in [0.5, 0.6) is 0 Å². The number of fused-ring (bicyclic) bond motifs is 4. The Kier molecular flexibility index (Phi) is 3.37. The molecule has 7 nitrogen and oxygen atoms in total. The van der Waals surface area contributed by atoms with Crippen molar-refractivity contribution in [1.29, 1.82) is 0 Å².